The molecule has 2 aromatic carbocycles. The molecule has 37 heavy (non-hydrogen) atoms. The number of carbonyl (C=O) groups excluding carboxylic acids is 1. The van der Waals surface area contributed by atoms with Crippen molar-refractivity contribution in [2.75, 3.05) is 18.1 Å². The summed E-state index contributed by atoms with van der Waals surface area (Å²) in [7, 11) is -7.65. The van der Waals surface area contributed by atoms with Crippen molar-refractivity contribution in [1.82, 2.24) is 4.72 Å². The molecule has 14 heteroatoms. The molecule has 0 radical (unpaired) electrons. The van der Waals surface area contributed by atoms with Crippen LogP contribution in [0.5, 0.6) is 0 Å². The lowest BCUT2D eigenvalue weighted by Crippen LogP contribution is -2.51. The van der Waals surface area contributed by atoms with Crippen LogP contribution in [-0.2, 0) is 19.9 Å². The molecule has 2 aliphatic rings. The number of aliphatic hydroxyl groups is 1. The minimum absolute atomic E-state index is 0.0649. The molecule has 3 N–H and O–H groups in total. The summed E-state index contributed by atoms with van der Waals surface area (Å²) < 4.78 is 92.8. The first-order chi connectivity index (χ1) is 17.1. The Labute approximate surface area is 217 Å². The van der Waals surface area contributed by atoms with Gasteiger partial charge in [-0.3, -0.25) is 4.79 Å². The zero-order valence-corrected chi connectivity index (χ0v) is 21.9. The number of rotatable bonds is 7. The number of fused-ring (bicyclic) bond motifs is 2. The van der Waals surface area contributed by atoms with Crippen molar-refractivity contribution in [2.24, 2.45) is 11.8 Å². The Morgan fingerprint density at radius 1 is 1.05 bits per heavy atom. The second-order valence-electron chi connectivity index (χ2n) is 9.69. The number of benzene rings is 2. The molecule has 2 saturated carbocycles. The van der Waals surface area contributed by atoms with E-state index in [0.717, 1.165) is 12.3 Å². The Bertz CT molecular complexity index is 1430. The Kier molecular flexibility index (Phi) is 7.40. The zero-order chi connectivity index (χ0) is 27.3. The minimum atomic E-state index is -4.10. The molecule has 2 aromatic rings. The first kappa shape index (κ1) is 27.8. The summed E-state index contributed by atoms with van der Waals surface area (Å²) in [5.41, 5.74) is -1.93. The normalized spacial score (nSPS) is 25.7. The highest BCUT2D eigenvalue weighted by Crippen LogP contribution is 2.51. The molecule has 0 heterocycles. The number of sulfone groups is 1. The van der Waals surface area contributed by atoms with Gasteiger partial charge >= 0.3 is 0 Å². The van der Waals surface area contributed by atoms with E-state index in [4.69, 9.17) is 11.6 Å². The number of sulfonamides is 1. The lowest BCUT2D eigenvalue weighted by atomic mass is 9.77. The van der Waals surface area contributed by atoms with E-state index in [9.17, 15) is 39.9 Å². The predicted molar refractivity (Wildman–Crippen MR) is 130 cm³/mol. The highest BCUT2D eigenvalue weighted by molar-refractivity contribution is 7.92. The average Bonchev–Trinajstić information content (AvgIpc) is 3.09. The van der Waals surface area contributed by atoms with Crippen LogP contribution in [0.4, 0.5) is 18.9 Å². The van der Waals surface area contributed by atoms with Gasteiger partial charge in [0, 0.05) is 29.9 Å². The molecule has 0 spiro atoms. The lowest BCUT2D eigenvalue weighted by molar-refractivity contribution is -0.0136. The van der Waals surface area contributed by atoms with Gasteiger partial charge in [0.2, 0.25) is 10.0 Å². The summed E-state index contributed by atoms with van der Waals surface area (Å²) in [6.45, 7) is -0.230. The van der Waals surface area contributed by atoms with Gasteiger partial charge in [0.15, 0.2) is 27.3 Å². The number of hydrogen-bond donors (Lipinski definition) is 3. The summed E-state index contributed by atoms with van der Waals surface area (Å²) in [5.74, 6) is -6.53. The summed E-state index contributed by atoms with van der Waals surface area (Å²) in [4.78, 5) is 12.4. The van der Waals surface area contributed by atoms with Gasteiger partial charge in [-0.15, -0.1) is 0 Å². The second kappa shape index (κ2) is 9.84. The van der Waals surface area contributed by atoms with Crippen LogP contribution in [0.3, 0.4) is 0 Å². The topological polar surface area (TPSA) is 130 Å². The first-order valence-corrected chi connectivity index (χ1v) is 15.1. The lowest BCUT2D eigenvalue weighted by Gasteiger charge is -2.40. The molecule has 0 saturated heterocycles. The SMILES string of the molecule is CS(=O)(=O)NC[C@@]1(O)CC2CC[C@@H](C1)C2S(=O)(=O)c1cc(C(=O)Nc2cc(F)c(F)c(F)c2)ccc1Cl. The van der Waals surface area contributed by atoms with E-state index >= 15 is 0 Å². The Morgan fingerprint density at radius 2 is 1.62 bits per heavy atom. The Hall–Kier alpha value is -2.19. The van der Waals surface area contributed by atoms with Gasteiger partial charge in [-0.1, -0.05) is 11.6 Å². The van der Waals surface area contributed by atoms with Gasteiger partial charge in [0.1, 0.15) is 0 Å². The van der Waals surface area contributed by atoms with Gasteiger partial charge < -0.3 is 10.4 Å². The van der Waals surface area contributed by atoms with E-state index in [1.807, 2.05) is 0 Å². The molecular weight excluding hydrogens is 557 g/mol. The fraction of sp³-hybridized carbons (Fsp3) is 0.435. The maximum atomic E-state index is 13.7. The Balaban J connectivity index is 1.58. The molecule has 2 aliphatic carbocycles. The quantitative estimate of drug-likeness (QED) is 0.431. The van der Waals surface area contributed by atoms with Crippen molar-refractivity contribution in [1.29, 1.82) is 0 Å². The highest BCUT2D eigenvalue weighted by atomic mass is 35.5. The molecule has 8 nitrogen and oxygen atoms in total. The summed E-state index contributed by atoms with van der Waals surface area (Å²) in [6, 6.07) is 4.69. The fourth-order valence-electron chi connectivity index (χ4n) is 5.39. The van der Waals surface area contributed by atoms with E-state index in [1.54, 1.807) is 0 Å². The molecular formula is C23H24ClF3N2O6S2. The summed E-state index contributed by atoms with van der Waals surface area (Å²) in [6.07, 6.45) is 2.12. The van der Waals surface area contributed by atoms with Crippen molar-refractivity contribution in [3.63, 3.8) is 0 Å². The fourth-order valence-corrected chi connectivity index (χ4v) is 8.77. The van der Waals surface area contributed by atoms with Crippen molar-refractivity contribution in [3.05, 3.63) is 58.4 Å². The standard InChI is InChI=1S/C23H24ClF3N2O6S2/c1-36(32,33)28-11-23(31)9-13-2-3-14(10-23)21(13)37(34,35)19-6-12(4-5-16(19)24)22(30)29-15-7-17(25)20(27)18(26)8-15/h4-8,13-14,21,28,31H,2-3,9-11H2,1H3,(H,29,30)/t13-,14?,21?,23-/m0/s1. The molecule has 2 bridgehead atoms. The van der Waals surface area contributed by atoms with Crippen LogP contribution in [-0.4, -0.2) is 51.5 Å². The Morgan fingerprint density at radius 3 is 2.16 bits per heavy atom. The van der Waals surface area contributed by atoms with Gasteiger partial charge in [-0.05, 0) is 55.7 Å². The third kappa shape index (κ3) is 5.80. The third-order valence-electron chi connectivity index (χ3n) is 6.89. The monoisotopic (exact) mass is 580 g/mol. The molecule has 4 rings (SSSR count). The van der Waals surface area contributed by atoms with Crippen molar-refractivity contribution in [2.45, 2.75) is 41.4 Å². The predicted octanol–water partition coefficient (Wildman–Crippen LogP) is 3.25. The van der Waals surface area contributed by atoms with Gasteiger partial charge in [-0.25, -0.2) is 34.7 Å². The number of hydrogen-bond acceptors (Lipinski definition) is 6. The van der Waals surface area contributed by atoms with E-state index in [-0.39, 0.29) is 40.6 Å². The molecule has 2 unspecified atom stereocenters. The van der Waals surface area contributed by atoms with Crippen LogP contribution in [0.25, 0.3) is 0 Å². The number of halogens is 4. The van der Waals surface area contributed by atoms with Crippen LogP contribution < -0.4 is 10.0 Å². The molecule has 2 fully saturated rings. The van der Waals surface area contributed by atoms with Gasteiger partial charge in [-0.2, -0.15) is 0 Å². The molecule has 0 aromatic heterocycles. The van der Waals surface area contributed by atoms with Crippen LogP contribution in [0.2, 0.25) is 5.02 Å². The van der Waals surface area contributed by atoms with Crippen LogP contribution in [0.1, 0.15) is 36.0 Å². The number of anilines is 1. The first-order valence-electron chi connectivity index (χ1n) is 11.3. The summed E-state index contributed by atoms with van der Waals surface area (Å²) >= 11 is 6.22. The maximum absolute atomic E-state index is 13.7. The van der Waals surface area contributed by atoms with E-state index in [0.29, 0.717) is 25.0 Å². The number of carbonyl (C=O) groups is 1. The minimum Gasteiger partial charge on any atom is -0.389 e. The third-order valence-corrected chi connectivity index (χ3v) is 10.4. The number of amides is 1. The number of nitrogens with one attached hydrogen (secondary N) is 2. The van der Waals surface area contributed by atoms with Gasteiger partial charge in [0.25, 0.3) is 5.91 Å². The highest BCUT2D eigenvalue weighted by Gasteiger charge is 2.54. The van der Waals surface area contributed by atoms with E-state index in [1.165, 1.54) is 12.1 Å². The molecule has 202 valence electrons. The van der Waals surface area contributed by atoms with Crippen LogP contribution >= 0.6 is 11.6 Å². The van der Waals surface area contributed by atoms with Crippen LogP contribution in [0, 0.1) is 29.3 Å². The summed E-state index contributed by atoms with van der Waals surface area (Å²) in [5, 5.41) is 12.1. The van der Waals surface area contributed by atoms with E-state index in [2.05, 4.69) is 10.0 Å². The smallest absolute Gasteiger partial charge is 0.255 e. The van der Waals surface area contributed by atoms with Gasteiger partial charge in [0.05, 0.1) is 27.0 Å². The molecule has 4 atom stereocenters. The largest absolute Gasteiger partial charge is 0.389 e. The zero-order valence-electron chi connectivity index (χ0n) is 19.5. The van der Waals surface area contributed by atoms with E-state index < -0.39 is 65.9 Å². The molecule has 1 amide bonds. The van der Waals surface area contributed by atoms with Crippen molar-refractivity contribution < 1.29 is 39.9 Å². The average molecular weight is 581 g/mol. The van der Waals surface area contributed by atoms with Crippen molar-refractivity contribution in [3.8, 4) is 0 Å². The second-order valence-corrected chi connectivity index (χ2v) is 14.0. The molecule has 0 aliphatic heterocycles. The van der Waals surface area contributed by atoms with Crippen molar-refractivity contribution >= 4 is 43.1 Å². The van der Waals surface area contributed by atoms with Crippen LogP contribution in [0.15, 0.2) is 35.2 Å². The maximum Gasteiger partial charge on any atom is 0.255 e.